The number of nitrogens with one attached hydrogen (secondary N) is 2. The third-order valence-corrected chi connectivity index (χ3v) is 4.75. The predicted octanol–water partition coefficient (Wildman–Crippen LogP) is 0.0268. The van der Waals surface area contributed by atoms with E-state index in [0.29, 0.717) is 12.2 Å². The number of hydrogen-bond acceptors (Lipinski definition) is 5. The summed E-state index contributed by atoms with van der Waals surface area (Å²) < 4.78 is 25.3. The van der Waals surface area contributed by atoms with Crippen molar-refractivity contribution >= 4 is 33.7 Å². The van der Waals surface area contributed by atoms with Gasteiger partial charge in [-0.25, -0.2) is 17.9 Å². The summed E-state index contributed by atoms with van der Waals surface area (Å²) in [6.45, 7) is 3.10. The molecule has 1 amide bonds. The molecule has 2 atom stereocenters. The number of carboxylic acids is 1. The average molecular weight is 326 g/mol. The van der Waals surface area contributed by atoms with Gasteiger partial charge >= 0.3 is 5.97 Å². The Balaban J connectivity index is 4.53. The summed E-state index contributed by atoms with van der Waals surface area (Å²) in [5.74, 6) is -1.25. The first-order valence-electron chi connectivity index (χ1n) is 6.25. The SMILES string of the molecule is CCCS(=O)(=O)NC(C)C(=O)N[C@@H](CCSC)C(=O)O. The Labute approximate surface area is 123 Å². The standard InChI is InChI=1S/C11H22N2O5S2/c1-4-7-20(17,18)13-8(2)10(14)12-9(11(15)16)5-6-19-3/h8-9,13H,4-7H2,1-3H3,(H,12,14)(H,15,16)/t8?,9-/m0/s1. The van der Waals surface area contributed by atoms with E-state index in [2.05, 4.69) is 10.0 Å². The average Bonchev–Trinajstić information content (AvgIpc) is 2.32. The molecule has 0 heterocycles. The molecule has 0 aliphatic heterocycles. The number of amides is 1. The van der Waals surface area contributed by atoms with E-state index in [-0.39, 0.29) is 12.2 Å². The lowest BCUT2D eigenvalue weighted by molar-refractivity contribution is -0.142. The van der Waals surface area contributed by atoms with Crippen LogP contribution >= 0.6 is 11.8 Å². The molecule has 20 heavy (non-hydrogen) atoms. The third-order valence-electron chi connectivity index (χ3n) is 2.45. The van der Waals surface area contributed by atoms with E-state index in [1.165, 1.54) is 18.7 Å². The van der Waals surface area contributed by atoms with Gasteiger partial charge in [-0.2, -0.15) is 11.8 Å². The fraction of sp³-hybridized carbons (Fsp3) is 0.818. The second-order valence-electron chi connectivity index (χ2n) is 4.34. The summed E-state index contributed by atoms with van der Waals surface area (Å²) in [5.41, 5.74) is 0. The van der Waals surface area contributed by atoms with Crippen molar-refractivity contribution in [3.05, 3.63) is 0 Å². The molecular weight excluding hydrogens is 304 g/mol. The van der Waals surface area contributed by atoms with Gasteiger partial charge in [-0.3, -0.25) is 4.79 Å². The molecule has 0 saturated carbocycles. The molecule has 3 N–H and O–H groups in total. The minimum absolute atomic E-state index is 0.0700. The highest BCUT2D eigenvalue weighted by atomic mass is 32.2. The lowest BCUT2D eigenvalue weighted by Gasteiger charge is -2.18. The van der Waals surface area contributed by atoms with E-state index in [1.54, 1.807) is 6.92 Å². The Morgan fingerprint density at radius 1 is 1.35 bits per heavy atom. The van der Waals surface area contributed by atoms with Crippen LogP contribution in [0, 0.1) is 0 Å². The zero-order valence-corrected chi connectivity index (χ0v) is 13.5. The van der Waals surface area contributed by atoms with Crippen LogP contribution in [0.15, 0.2) is 0 Å². The van der Waals surface area contributed by atoms with Crippen LogP contribution in [0.3, 0.4) is 0 Å². The van der Waals surface area contributed by atoms with Crippen molar-refractivity contribution in [1.82, 2.24) is 10.0 Å². The highest BCUT2D eigenvalue weighted by Gasteiger charge is 2.24. The first kappa shape index (κ1) is 19.2. The van der Waals surface area contributed by atoms with Crippen molar-refractivity contribution in [2.24, 2.45) is 0 Å². The van der Waals surface area contributed by atoms with Crippen LogP contribution in [0.4, 0.5) is 0 Å². The van der Waals surface area contributed by atoms with Crippen molar-refractivity contribution in [2.45, 2.75) is 38.8 Å². The van der Waals surface area contributed by atoms with Gasteiger partial charge in [-0.1, -0.05) is 6.92 Å². The monoisotopic (exact) mass is 326 g/mol. The lowest BCUT2D eigenvalue weighted by Crippen LogP contribution is -2.50. The number of aliphatic carboxylic acids is 1. The lowest BCUT2D eigenvalue weighted by atomic mass is 10.2. The van der Waals surface area contributed by atoms with Gasteiger partial charge in [0.15, 0.2) is 0 Å². The van der Waals surface area contributed by atoms with Gasteiger partial charge in [-0.05, 0) is 31.8 Å². The van der Waals surface area contributed by atoms with E-state index in [9.17, 15) is 18.0 Å². The van der Waals surface area contributed by atoms with Crippen LogP contribution in [0.2, 0.25) is 0 Å². The van der Waals surface area contributed by atoms with E-state index in [1.807, 2.05) is 6.26 Å². The van der Waals surface area contributed by atoms with Crippen molar-refractivity contribution < 1.29 is 23.1 Å². The van der Waals surface area contributed by atoms with Gasteiger partial charge in [-0.15, -0.1) is 0 Å². The fourth-order valence-corrected chi connectivity index (χ4v) is 3.21. The number of carbonyl (C=O) groups is 2. The quantitative estimate of drug-likeness (QED) is 0.522. The van der Waals surface area contributed by atoms with E-state index >= 15 is 0 Å². The number of hydrogen-bond donors (Lipinski definition) is 3. The molecule has 7 nitrogen and oxygen atoms in total. The number of thioether (sulfide) groups is 1. The normalized spacial score (nSPS) is 14.6. The first-order chi connectivity index (χ1) is 9.23. The van der Waals surface area contributed by atoms with Crippen LogP contribution in [0.1, 0.15) is 26.7 Å². The molecule has 0 aromatic rings. The van der Waals surface area contributed by atoms with E-state index in [4.69, 9.17) is 5.11 Å². The van der Waals surface area contributed by atoms with Crippen LogP contribution in [0.25, 0.3) is 0 Å². The summed E-state index contributed by atoms with van der Waals surface area (Å²) in [6.07, 6.45) is 2.56. The second-order valence-corrected chi connectivity index (χ2v) is 7.20. The molecular formula is C11H22N2O5S2. The molecule has 0 bridgehead atoms. The van der Waals surface area contributed by atoms with Crippen LogP contribution in [-0.4, -0.2) is 55.2 Å². The maximum Gasteiger partial charge on any atom is 0.326 e. The Kier molecular flexibility index (Phi) is 8.83. The van der Waals surface area contributed by atoms with E-state index in [0.717, 1.165) is 0 Å². The summed E-state index contributed by atoms with van der Waals surface area (Å²) in [5, 5.41) is 11.3. The predicted molar refractivity (Wildman–Crippen MR) is 79.2 cm³/mol. The van der Waals surface area contributed by atoms with Crippen molar-refractivity contribution in [1.29, 1.82) is 0 Å². The van der Waals surface area contributed by atoms with Crippen LogP contribution in [-0.2, 0) is 19.6 Å². The summed E-state index contributed by atoms with van der Waals surface area (Å²) in [4.78, 5) is 22.8. The van der Waals surface area contributed by atoms with Gasteiger partial charge in [0.1, 0.15) is 6.04 Å². The number of sulfonamides is 1. The Hall–Kier alpha value is -0.800. The molecule has 0 saturated heterocycles. The molecule has 0 radical (unpaired) electrons. The van der Waals surface area contributed by atoms with Crippen molar-refractivity contribution in [2.75, 3.05) is 17.8 Å². The Morgan fingerprint density at radius 2 is 1.95 bits per heavy atom. The summed E-state index contributed by atoms with van der Waals surface area (Å²) in [6, 6.07) is -2.00. The molecule has 0 aromatic heterocycles. The van der Waals surface area contributed by atoms with Crippen molar-refractivity contribution in [3.63, 3.8) is 0 Å². The van der Waals surface area contributed by atoms with Gasteiger partial charge in [0.2, 0.25) is 15.9 Å². The zero-order chi connectivity index (χ0) is 15.8. The molecule has 0 aliphatic carbocycles. The van der Waals surface area contributed by atoms with Gasteiger partial charge in [0, 0.05) is 0 Å². The molecule has 9 heteroatoms. The minimum atomic E-state index is -3.51. The highest BCUT2D eigenvalue weighted by Crippen LogP contribution is 2.02. The second kappa shape index (κ2) is 9.19. The van der Waals surface area contributed by atoms with Crippen LogP contribution in [0.5, 0.6) is 0 Å². The maximum atomic E-state index is 11.8. The van der Waals surface area contributed by atoms with Gasteiger partial charge in [0.05, 0.1) is 11.8 Å². The molecule has 0 aliphatic rings. The summed E-state index contributed by atoms with van der Waals surface area (Å²) >= 11 is 1.47. The minimum Gasteiger partial charge on any atom is -0.480 e. The third kappa shape index (κ3) is 7.71. The largest absolute Gasteiger partial charge is 0.480 e. The Bertz CT molecular complexity index is 425. The number of carbonyl (C=O) groups excluding carboxylic acids is 1. The molecule has 118 valence electrons. The van der Waals surface area contributed by atoms with Gasteiger partial charge < -0.3 is 10.4 Å². The smallest absolute Gasteiger partial charge is 0.326 e. The van der Waals surface area contributed by atoms with Crippen LogP contribution < -0.4 is 10.0 Å². The molecule has 0 fully saturated rings. The zero-order valence-electron chi connectivity index (χ0n) is 11.9. The Morgan fingerprint density at radius 3 is 2.40 bits per heavy atom. The summed E-state index contributed by atoms with van der Waals surface area (Å²) in [7, 11) is -3.51. The topological polar surface area (TPSA) is 113 Å². The number of rotatable bonds is 10. The fourth-order valence-electron chi connectivity index (χ4n) is 1.44. The molecule has 0 spiro atoms. The van der Waals surface area contributed by atoms with E-state index < -0.39 is 34.0 Å². The maximum absolute atomic E-state index is 11.8. The molecule has 0 rings (SSSR count). The van der Waals surface area contributed by atoms with Gasteiger partial charge in [0.25, 0.3) is 0 Å². The first-order valence-corrected chi connectivity index (χ1v) is 9.30. The van der Waals surface area contributed by atoms with Crippen molar-refractivity contribution in [3.8, 4) is 0 Å². The molecule has 1 unspecified atom stereocenters. The molecule has 0 aromatic carbocycles. The number of carboxylic acid groups (broad SMARTS) is 1. The highest BCUT2D eigenvalue weighted by molar-refractivity contribution is 7.98.